The van der Waals surface area contributed by atoms with Crippen molar-refractivity contribution in [3.63, 3.8) is 0 Å². The Balaban J connectivity index is 1.51. The van der Waals surface area contributed by atoms with Gasteiger partial charge in [-0.15, -0.1) is 5.10 Å². The van der Waals surface area contributed by atoms with Crippen LogP contribution in [0.2, 0.25) is 10.0 Å². The zero-order valence-electron chi connectivity index (χ0n) is 19.7. The number of carboxylic acids is 1. The number of nitrogens with one attached hydrogen (secondary N) is 1. The minimum absolute atomic E-state index is 0.0340. The number of thioether (sulfide) groups is 1. The second-order valence-corrected chi connectivity index (χ2v) is 9.43. The fourth-order valence-corrected chi connectivity index (χ4v) is 4.41. The monoisotopic (exact) mass is 557 g/mol. The lowest BCUT2D eigenvalue weighted by molar-refractivity contribution is -0.131. The fourth-order valence-electron chi connectivity index (χ4n) is 3.24. The molecular weight excluding hydrogens is 537 g/mol. The first-order valence-electron chi connectivity index (χ1n) is 10.8. The third-order valence-electron chi connectivity index (χ3n) is 5.07. The zero-order valence-corrected chi connectivity index (χ0v) is 22.0. The van der Waals surface area contributed by atoms with Gasteiger partial charge in [0.15, 0.2) is 5.82 Å². The number of aromatic nitrogens is 3. The third-order valence-corrected chi connectivity index (χ3v) is 6.53. The van der Waals surface area contributed by atoms with Gasteiger partial charge in [-0.25, -0.2) is 9.78 Å². The highest BCUT2D eigenvalue weighted by Gasteiger charge is 2.15. The van der Waals surface area contributed by atoms with Crippen LogP contribution in [0.4, 0.5) is 0 Å². The van der Waals surface area contributed by atoms with Gasteiger partial charge in [-0.05, 0) is 59.8 Å². The van der Waals surface area contributed by atoms with Crippen molar-refractivity contribution in [1.82, 2.24) is 15.2 Å². The second-order valence-electron chi connectivity index (χ2n) is 7.58. The molecule has 0 fully saturated rings. The van der Waals surface area contributed by atoms with E-state index < -0.39 is 5.97 Å². The van der Waals surface area contributed by atoms with E-state index in [2.05, 4.69) is 15.2 Å². The molecule has 0 aliphatic heterocycles. The molecule has 0 bridgehead atoms. The minimum atomic E-state index is -1.11. The van der Waals surface area contributed by atoms with Crippen molar-refractivity contribution < 1.29 is 24.1 Å². The second kappa shape index (κ2) is 12.1. The molecule has 0 spiro atoms. The summed E-state index contributed by atoms with van der Waals surface area (Å²) in [5.41, 5.74) is 2.10. The molecule has 1 heterocycles. The molecule has 190 valence electrons. The Labute approximate surface area is 227 Å². The zero-order chi connectivity index (χ0) is 26.4. The number of carboxylic acid groups (broad SMARTS) is 1. The van der Waals surface area contributed by atoms with Gasteiger partial charge in [0.25, 0.3) is 0 Å². The molecule has 1 aromatic heterocycles. The van der Waals surface area contributed by atoms with Crippen LogP contribution in [0.15, 0.2) is 70.7 Å². The van der Waals surface area contributed by atoms with Crippen LogP contribution in [0.25, 0.3) is 17.5 Å². The summed E-state index contributed by atoms with van der Waals surface area (Å²) < 4.78 is 16.4. The SMILES string of the molecule is COc1cc(OC)cc(-c2nc(S/C(=C\c3cccc(OCc4ccc(Cl)cc4Cl)c3)C(=O)O)n[nH]2)c1. The first-order valence-corrected chi connectivity index (χ1v) is 12.4. The Hall–Kier alpha value is -3.66. The van der Waals surface area contributed by atoms with E-state index in [1.807, 2.05) is 0 Å². The lowest BCUT2D eigenvalue weighted by Gasteiger charge is -2.09. The maximum Gasteiger partial charge on any atom is 0.342 e. The number of aromatic amines is 1. The van der Waals surface area contributed by atoms with E-state index in [1.165, 1.54) is 6.08 Å². The van der Waals surface area contributed by atoms with Gasteiger partial charge in [-0.3, -0.25) is 5.10 Å². The van der Waals surface area contributed by atoms with Crippen LogP contribution in [0.3, 0.4) is 0 Å². The number of halogens is 2. The van der Waals surface area contributed by atoms with Crippen molar-refractivity contribution in [3.05, 3.63) is 86.7 Å². The van der Waals surface area contributed by atoms with E-state index >= 15 is 0 Å². The number of carbonyl (C=O) groups is 1. The van der Waals surface area contributed by atoms with Gasteiger partial charge < -0.3 is 19.3 Å². The van der Waals surface area contributed by atoms with Crippen LogP contribution in [-0.2, 0) is 11.4 Å². The lowest BCUT2D eigenvalue weighted by atomic mass is 10.2. The molecule has 0 saturated carbocycles. The summed E-state index contributed by atoms with van der Waals surface area (Å²) in [7, 11) is 3.11. The average Bonchev–Trinajstić information content (AvgIpc) is 3.36. The van der Waals surface area contributed by atoms with Gasteiger partial charge in [0, 0.05) is 27.2 Å². The Kier molecular flexibility index (Phi) is 8.60. The van der Waals surface area contributed by atoms with E-state index in [4.69, 9.17) is 37.4 Å². The molecule has 0 atom stereocenters. The van der Waals surface area contributed by atoms with Crippen molar-refractivity contribution in [2.24, 2.45) is 0 Å². The van der Waals surface area contributed by atoms with E-state index in [1.54, 1.807) is 74.9 Å². The van der Waals surface area contributed by atoms with Gasteiger partial charge in [0.05, 0.1) is 14.2 Å². The summed E-state index contributed by atoms with van der Waals surface area (Å²) >= 11 is 13.1. The van der Waals surface area contributed by atoms with Crippen molar-refractivity contribution in [2.45, 2.75) is 11.8 Å². The van der Waals surface area contributed by atoms with Crippen LogP contribution >= 0.6 is 35.0 Å². The third kappa shape index (κ3) is 6.97. The van der Waals surface area contributed by atoms with Gasteiger partial charge in [-0.2, -0.15) is 0 Å². The maximum absolute atomic E-state index is 12.0. The van der Waals surface area contributed by atoms with Crippen molar-refractivity contribution in [2.75, 3.05) is 14.2 Å². The Bertz CT molecular complexity index is 1440. The Morgan fingerprint density at radius 2 is 1.78 bits per heavy atom. The quantitative estimate of drug-likeness (QED) is 0.166. The first-order chi connectivity index (χ1) is 17.8. The number of hydrogen-bond donors (Lipinski definition) is 2. The normalized spacial score (nSPS) is 11.3. The molecule has 0 aliphatic carbocycles. The van der Waals surface area contributed by atoms with Crippen LogP contribution in [0.1, 0.15) is 11.1 Å². The van der Waals surface area contributed by atoms with Gasteiger partial charge in [0.1, 0.15) is 28.8 Å². The van der Waals surface area contributed by atoms with E-state index in [-0.39, 0.29) is 16.7 Å². The number of rotatable bonds is 10. The fraction of sp³-hybridized carbons (Fsp3) is 0.115. The highest BCUT2D eigenvalue weighted by molar-refractivity contribution is 8.04. The highest BCUT2D eigenvalue weighted by Crippen LogP contribution is 2.31. The van der Waals surface area contributed by atoms with Crippen molar-refractivity contribution in [3.8, 4) is 28.6 Å². The van der Waals surface area contributed by atoms with Gasteiger partial charge in [-0.1, -0.05) is 41.4 Å². The number of ether oxygens (including phenoxy) is 3. The van der Waals surface area contributed by atoms with Crippen molar-refractivity contribution in [1.29, 1.82) is 0 Å². The molecule has 4 rings (SSSR count). The van der Waals surface area contributed by atoms with Gasteiger partial charge >= 0.3 is 5.97 Å². The smallest absolute Gasteiger partial charge is 0.342 e. The molecular formula is C26H21Cl2N3O5S. The molecule has 11 heteroatoms. The van der Waals surface area contributed by atoms with Crippen LogP contribution in [0, 0.1) is 0 Å². The van der Waals surface area contributed by atoms with Crippen LogP contribution < -0.4 is 14.2 Å². The predicted octanol–water partition coefficient (Wildman–Crippen LogP) is 6.59. The summed E-state index contributed by atoms with van der Waals surface area (Å²) in [4.78, 5) is 16.4. The molecule has 0 unspecified atom stereocenters. The van der Waals surface area contributed by atoms with E-state index in [0.717, 1.165) is 17.3 Å². The topological polar surface area (TPSA) is 107 Å². The molecule has 0 radical (unpaired) electrons. The molecule has 8 nitrogen and oxygen atoms in total. The molecule has 37 heavy (non-hydrogen) atoms. The summed E-state index contributed by atoms with van der Waals surface area (Å²) in [6.45, 7) is 0.235. The van der Waals surface area contributed by atoms with Gasteiger partial charge in [0.2, 0.25) is 5.16 Å². The van der Waals surface area contributed by atoms with E-state index in [0.29, 0.717) is 44.2 Å². The molecule has 0 aliphatic rings. The standard InChI is InChI=1S/C26H21Cl2N3O5S/c1-34-20-10-17(11-21(13-20)35-2)24-29-26(31-30-24)37-23(25(32)33)9-15-4-3-5-19(8-15)36-14-16-6-7-18(27)12-22(16)28/h3-13H,14H2,1-2H3,(H,32,33)(H,29,30,31)/b23-9-. The number of nitrogens with zero attached hydrogens (tertiary/aromatic N) is 2. The molecule has 0 amide bonds. The predicted molar refractivity (Wildman–Crippen MR) is 144 cm³/mol. The number of aliphatic carboxylic acids is 1. The summed E-state index contributed by atoms with van der Waals surface area (Å²) in [5, 5.41) is 18.1. The Morgan fingerprint density at radius 3 is 2.46 bits per heavy atom. The lowest BCUT2D eigenvalue weighted by Crippen LogP contribution is -1.98. The molecule has 0 saturated heterocycles. The number of hydrogen-bond acceptors (Lipinski definition) is 7. The highest BCUT2D eigenvalue weighted by atomic mass is 35.5. The summed E-state index contributed by atoms with van der Waals surface area (Å²) in [5.74, 6) is 1.07. The summed E-state index contributed by atoms with van der Waals surface area (Å²) in [6.07, 6.45) is 1.53. The van der Waals surface area contributed by atoms with Crippen molar-refractivity contribution >= 4 is 47.0 Å². The molecule has 2 N–H and O–H groups in total. The number of benzene rings is 3. The average molecular weight is 558 g/mol. The van der Waals surface area contributed by atoms with Crippen LogP contribution in [0.5, 0.6) is 17.2 Å². The first kappa shape index (κ1) is 26.4. The molecule has 4 aromatic rings. The number of H-pyrrole nitrogens is 1. The minimum Gasteiger partial charge on any atom is -0.497 e. The van der Waals surface area contributed by atoms with Crippen LogP contribution in [-0.4, -0.2) is 40.5 Å². The summed E-state index contributed by atoms with van der Waals surface area (Å²) in [6, 6.07) is 17.5. The van der Waals surface area contributed by atoms with E-state index in [9.17, 15) is 9.90 Å². The molecule has 3 aromatic carbocycles. The Morgan fingerprint density at radius 1 is 1.03 bits per heavy atom. The number of methoxy groups -OCH3 is 2. The maximum atomic E-state index is 12.0. The largest absolute Gasteiger partial charge is 0.497 e.